The summed E-state index contributed by atoms with van der Waals surface area (Å²) in [6, 6.07) is 7.81. The zero-order valence-electron chi connectivity index (χ0n) is 20.4. The van der Waals surface area contributed by atoms with Gasteiger partial charge in [-0.25, -0.2) is 0 Å². The molecule has 6 nitrogen and oxygen atoms in total. The van der Waals surface area contributed by atoms with E-state index in [9.17, 15) is 9.59 Å². The molecule has 1 aliphatic carbocycles. The molecule has 0 saturated heterocycles. The van der Waals surface area contributed by atoms with Crippen LogP contribution in [0, 0.1) is 6.92 Å². The fourth-order valence-electron chi connectivity index (χ4n) is 4.18. The van der Waals surface area contributed by atoms with Gasteiger partial charge in [-0.05, 0) is 51.3 Å². The first-order valence-corrected chi connectivity index (χ1v) is 12.0. The molecular weight excluding hydrogens is 404 g/mol. The predicted octanol–water partition coefficient (Wildman–Crippen LogP) is 4.36. The first-order chi connectivity index (χ1) is 15.4. The van der Waals surface area contributed by atoms with Crippen LogP contribution in [0.15, 0.2) is 35.9 Å². The van der Waals surface area contributed by atoms with Crippen LogP contribution >= 0.6 is 0 Å². The monoisotopic (exact) mass is 444 g/mol. The van der Waals surface area contributed by atoms with Crippen LogP contribution in [0.25, 0.3) is 0 Å². The molecule has 1 aromatic carbocycles. The van der Waals surface area contributed by atoms with Gasteiger partial charge in [0.05, 0.1) is 6.61 Å². The van der Waals surface area contributed by atoms with Crippen LogP contribution in [0.3, 0.4) is 0 Å². The van der Waals surface area contributed by atoms with Crippen molar-refractivity contribution in [1.82, 2.24) is 9.80 Å². The molecule has 2 unspecified atom stereocenters. The highest BCUT2D eigenvalue weighted by atomic mass is 16.5. The fourth-order valence-corrected chi connectivity index (χ4v) is 4.18. The van der Waals surface area contributed by atoms with Crippen LogP contribution in [-0.2, 0) is 14.3 Å². The normalized spacial score (nSPS) is 18.1. The Morgan fingerprint density at radius 1 is 1.12 bits per heavy atom. The van der Waals surface area contributed by atoms with E-state index in [0.717, 1.165) is 29.7 Å². The standard InChI is InChI=1S/C26H40N2O4/c1-6-9-14-25(29)28(15-16-31-5)22-17-21(26(30)27(7-2)8-3)18-23(19-22)32-24-13-11-10-12-20(24)4/h10-13,18,22-23H,6-9,14-17,19H2,1-5H3. The van der Waals surface area contributed by atoms with Crippen molar-refractivity contribution in [3.63, 3.8) is 0 Å². The van der Waals surface area contributed by atoms with Gasteiger partial charge in [0.1, 0.15) is 11.9 Å². The lowest BCUT2D eigenvalue weighted by Gasteiger charge is -2.38. The van der Waals surface area contributed by atoms with Crippen LogP contribution in [0.1, 0.15) is 58.4 Å². The summed E-state index contributed by atoms with van der Waals surface area (Å²) in [6.45, 7) is 10.4. The Kier molecular flexibility index (Phi) is 10.7. The van der Waals surface area contributed by atoms with E-state index in [1.165, 1.54) is 0 Å². The Morgan fingerprint density at radius 2 is 1.84 bits per heavy atom. The van der Waals surface area contributed by atoms with Gasteiger partial charge in [-0.15, -0.1) is 0 Å². The maximum atomic E-state index is 13.2. The number of aryl methyl sites for hydroxylation is 1. The van der Waals surface area contributed by atoms with Gasteiger partial charge in [0.25, 0.3) is 0 Å². The van der Waals surface area contributed by atoms with Crippen molar-refractivity contribution >= 4 is 11.8 Å². The lowest BCUT2D eigenvalue weighted by Crippen LogP contribution is -2.47. The molecule has 178 valence electrons. The number of unbranched alkanes of at least 4 members (excludes halogenated alkanes) is 1. The molecular formula is C26H40N2O4. The molecule has 0 radical (unpaired) electrons. The summed E-state index contributed by atoms with van der Waals surface area (Å²) in [6.07, 6.45) is 5.25. The highest BCUT2D eigenvalue weighted by Gasteiger charge is 2.33. The van der Waals surface area contributed by atoms with Crippen LogP contribution in [0.5, 0.6) is 5.75 Å². The second kappa shape index (κ2) is 13.3. The second-order valence-corrected chi connectivity index (χ2v) is 8.37. The quantitative estimate of drug-likeness (QED) is 0.480. The average Bonchev–Trinajstić information content (AvgIpc) is 2.80. The number of rotatable bonds is 12. The summed E-state index contributed by atoms with van der Waals surface area (Å²) < 4.78 is 11.6. The van der Waals surface area contributed by atoms with Gasteiger partial charge in [0.15, 0.2) is 0 Å². The van der Waals surface area contributed by atoms with Gasteiger partial charge in [-0.2, -0.15) is 0 Å². The number of hydrogen-bond acceptors (Lipinski definition) is 4. The van der Waals surface area contributed by atoms with E-state index in [2.05, 4.69) is 6.92 Å². The molecule has 1 aromatic rings. The number of amides is 2. The number of carbonyl (C=O) groups excluding carboxylic acids is 2. The minimum atomic E-state index is -0.270. The number of likely N-dealkylation sites (N-methyl/N-ethyl adjacent to an activating group) is 1. The average molecular weight is 445 g/mol. The molecule has 32 heavy (non-hydrogen) atoms. The van der Waals surface area contributed by atoms with Gasteiger partial charge in [0.2, 0.25) is 11.8 Å². The Morgan fingerprint density at radius 3 is 2.47 bits per heavy atom. The van der Waals surface area contributed by atoms with Crippen LogP contribution < -0.4 is 4.74 Å². The minimum absolute atomic E-state index is 0.0331. The largest absolute Gasteiger partial charge is 0.486 e. The third kappa shape index (κ3) is 7.09. The Hall–Kier alpha value is -2.34. The number of hydrogen-bond donors (Lipinski definition) is 0. The number of carbonyl (C=O) groups is 2. The van der Waals surface area contributed by atoms with Gasteiger partial charge >= 0.3 is 0 Å². The van der Waals surface area contributed by atoms with Crippen molar-refractivity contribution in [3.8, 4) is 5.75 Å². The van der Waals surface area contributed by atoms with Crippen LogP contribution in [0.2, 0.25) is 0 Å². The first kappa shape index (κ1) is 25.9. The van der Waals surface area contributed by atoms with Crippen molar-refractivity contribution < 1.29 is 19.1 Å². The van der Waals surface area contributed by atoms with Gasteiger partial charge in [-0.1, -0.05) is 31.5 Å². The Bertz CT molecular complexity index is 773. The van der Waals surface area contributed by atoms with Crippen molar-refractivity contribution in [2.75, 3.05) is 33.4 Å². The van der Waals surface area contributed by atoms with Crippen LogP contribution in [0.4, 0.5) is 0 Å². The van der Waals surface area contributed by atoms with E-state index in [4.69, 9.17) is 9.47 Å². The highest BCUT2D eigenvalue weighted by molar-refractivity contribution is 5.94. The van der Waals surface area contributed by atoms with Crippen molar-refractivity contribution in [2.45, 2.75) is 71.9 Å². The topological polar surface area (TPSA) is 59.1 Å². The highest BCUT2D eigenvalue weighted by Crippen LogP contribution is 2.29. The van der Waals surface area contributed by atoms with E-state index >= 15 is 0 Å². The Labute approximate surface area is 193 Å². The third-order valence-electron chi connectivity index (χ3n) is 6.09. The predicted molar refractivity (Wildman–Crippen MR) is 128 cm³/mol. The van der Waals surface area contributed by atoms with E-state index < -0.39 is 0 Å². The number of methoxy groups -OCH3 is 1. The molecule has 1 aliphatic rings. The maximum Gasteiger partial charge on any atom is 0.249 e. The SMILES string of the molecule is CCCCC(=O)N(CCOC)C1CC(C(=O)N(CC)CC)=CC(Oc2ccccc2C)C1. The summed E-state index contributed by atoms with van der Waals surface area (Å²) >= 11 is 0. The molecule has 0 fully saturated rings. The molecule has 2 amide bonds. The van der Waals surface area contributed by atoms with Gasteiger partial charge < -0.3 is 19.3 Å². The molecule has 0 aromatic heterocycles. The molecule has 0 spiro atoms. The minimum Gasteiger partial charge on any atom is -0.486 e. The third-order valence-corrected chi connectivity index (χ3v) is 6.09. The summed E-state index contributed by atoms with van der Waals surface area (Å²) in [5, 5.41) is 0. The van der Waals surface area contributed by atoms with E-state index in [1.807, 2.05) is 60.9 Å². The van der Waals surface area contributed by atoms with Crippen molar-refractivity contribution in [1.29, 1.82) is 0 Å². The zero-order chi connectivity index (χ0) is 23.5. The van der Waals surface area contributed by atoms with Gasteiger partial charge in [0, 0.05) is 51.2 Å². The van der Waals surface area contributed by atoms with E-state index in [-0.39, 0.29) is 24.0 Å². The van der Waals surface area contributed by atoms with Crippen molar-refractivity contribution in [2.24, 2.45) is 0 Å². The van der Waals surface area contributed by atoms with Gasteiger partial charge in [-0.3, -0.25) is 9.59 Å². The molecule has 0 N–H and O–H groups in total. The second-order valence-electron chi connectivity index (χ2n) is 8.37. The number of para-hydroxylation sites is 1. The molecule has 0 saturated carbocycles. The first-order valence-electron chi connectivity index (χ1n) is 12.0. The fraction of sp³-hybridized carbons (Fsp3) is 0.615. The molecule has 2 rings (SSSR count). The smallest absolute Gasteiger partial charge is 0.249 e. The lowest BCUT2D eigenvalue weighted by molar-refractivity contribution is -0.136. The molecule has 0 heterocycles. The Balaban J connectivity index is 2.33. The van der Waals surface area contributed by atoms with Crippen molar-refractivity contribution in [3.05, 3.63) is 41.5 Å². The van der Waals surface area contributed by atoms with E-state index in [0.29, 0.717) is 45.5 Å². The number of ether oxygens (including phenoxy) is 2. The molecule has 0 aliphatic heterocycles. The maximum absolute atomic E-state index is 13.2. The molecule has 6 heteroatoms. The summed E-state index contributed by atoms with van der Waals surface area (Å²) in [4.78, 5) is 30.0. The van der Waals surface area contributed by atoms with Crippen LogP contribution in [-0.4, -0.2) is 67.1 Å². The summed E-state index contributed by atoms with van der Waals surface area (Å²) in [7, 11) is 1.65. The number of nitrogens with zero attached hydrogens (tertiary/aromatic N) is 2. The van der Waals surface area contributed by atoms with E-state index in [1.54, 1.807) is 7.11 Å². The molecule has 2 atom stereocenters. The lowest BCUT2D eigenvalue weighted by atomic mass is 9.90. The molecule has 0 bridgehead atoms. The zero-order valence-corrected chi connectivity index (χ0v) is 20.4. The summed E-state index contributed by atoms with van der Waals surface area (Å²) in [5.74, 6) is 0.968. The summed E-state index contributed by atoms with van der Waals surface area (Å²) in [5.41, 5.74) is 1.78. The number of benzene rings is 1.